The maximum absolute atomic E-state index is 6.69. The van der Waals surface area contributed by atoms with Crippen LogP contribution in [0.15, 0.2) is 36.4 Å². The summed E-state index contributed by atoms with van der Waals surface area (Å²) in [5, 5.41) is 15.2. The Morgan fingerprint density at radius 1 is 0.973 bits per heavy atom. The van der Waals surface area contributed by atoms with Crippen molar-refractivity contribution in [2.24, 2.45) is 0 Å². The minimum atomic E-state index is 0.594. The number of hydrogen-bond donors (Lipinski definition) is 1. The average Bonchev–Trinajstić information content (AvgIpc) is 3.17. The van der Waals surface area contributed by atoms with Crippen LogP contribution in [0.2, 0.25) is 5.02 Å². The van der Waals surface area contributed by atoms with Crippen LogP contribution >= 0.6 is 11.6 Å². The average molecular weight is 522 g/mol. The predicted octanol–water partition coefficient (Wildman–Crippen LogP) is 5.99. The number of nitrogens with zero attached hydrogens (tertiary/aromatic N) is 4. The normalized spacial score (nSPS) is 13.7. The number of halogens is 1. The molecule has 1 fully saturated rings. The first-order valence-electron chi connectivity index (χ1n) is 12.5. The summed E-state index contributed by atoms with van der Waals surface area (Å²) in [5.74, 6) is 2.19. The van der Waals surface area contributed by atoms with Gasteiger partial charge in [0.2, 0.25) is 0 Å². The summed E-state index contributed by atoms with van der Waals surface area (Å²) in [6, 6.07) is 11.9. The molecule has 1 N–H and O–H groups in total. The zero-order chi connectivity index (χ0) is 26.1. The van der Waals surface area contributed by atoms with Crippen molar-refractivity contribution in [3.63, 3.8) is 0 Å². The van der Waals surface area contributed by atoms with E-state index >= 15 is 0 Å². The molecule has 0 unspecified atom stereocenters. The van der Waals surface area contributed by atoms with Gasteiger partial charge in [0.1, 0.15) is 11.5 Å². The molecule has 0 aliphatic carbocycles. The summed E-state index contributed by atoms with van der Waals surface area (Å²) in [5.41, 5.74) is 5.75. The first kappa shape index (κ1) is 25.2. The number of nitrogens with one attached hydrogen (secondary N) is 1. The van der Waals surface area contributed by atoms with Crippen molar-refractivity contribution in [2.75, 3.05) is 50.2 Å². The highest BCUT2D eigenvalue weighted by Crippen LogP contribution is 2.39. The van der Waals surface area contributed by atoms with Crippen LogP contribution in [0.5, 0.6) is 11.5 Å². The highest BCUT2D eigenvalue weighted by molar-refractivity contribution is 6.33. The summed E-state index contributed by atoms with van der Waals surface area (Å²) in [6.45, 7) is 11.8. The standard InChI is InChI=1S/C28H32ClN5O3/c1-6-37-21-8-10-24(25(16-21)35-5)34-18(3)26-17(2)31-32-28(27(26)19(34)4)30-20-7-9-23(22(29)15-20)33-11-13-36-14-12-33/h7-10,15-16H,6,11-14H2,1-5H3,(H,30,32). The van der Waals surface area contributed by atoms with E-state index in [1.165, 1.54) is 0 Å². The van der Waals surface area contributed by atoms with Gasteiger partial charge in [-0.3, -0.25) is 0 Å². The Morgan fingerprint density at radius 2 is 1.70 bits per heavy atom. The largest absolute Gasteiger partial charge is 0.494 e. The van der Waals surface area contributed by atoms with E-state index < -0.39 is 0 Å². The fourth-order valence-electron chi connectivity index (χ4n) is 5.12. The lowest BCUT2D eigenvalue weighted by Crippen LogP contribution is -2.36. The van der Waals surface area contributed by atoms with Gasteiger partial charge in [-0.25, -0.2) is 0 Å². The van der Waals surface area contributed by atoms with Crippen LogP contribution in [-0.4, -0.2) is 54.8 Å². The summed E-state index contributed by atoms with van der Waals surface area (Å²) >= 11 is 6.69. The molecule has 0 amide bonds. The molecule has 194 valence electrons. The van der Waals surface area contributed by atoms with E-state index in [0.717, 1.165) is 69.5 Å². The van der Waals surface area contributed by atoms with E-state index in [9.17, 15) is 0 Å². The van der Waals surface area contributed by atoms with Gasteiger partial charge in [0.05, 0.1) is 49.0 Å². The molecule has 1 aliphatic heterocycles. The molecule has 0 saturated carbocycles. The Morgan fingerprint density at radius 3 is 2.41 bits per heavy atom. The summed E-state index contributed by atoms with van der Waals surface area (Å²) in [4.78, 5) is 2.25. The maximum Gasteiger partial charge on any atom is 0.162 e. The van der Waals surface area contributed by atoms with Crippen LogP contribution in [0.3, 0.4) is 0 Å². The lowest BCUT2D eigenvalue weighted by molar-refractivity contribution is 0.122. The Kier molecular flexibility index (Phi) is 7.13. The van der Waals surface area contributed by atoms with Gasteiger partial charge >= 0.3 is 0 Å². The molecule has 0 spiro atoms. The van der Waals surface area contributed by atoms with E-state index in [1.807, 2.05) is 50.2 Å². The van der Waals surface area contributed by atoms with E-state index in [1.54, 1.807) is 7.11 Å². The van der Waals surface area contributed by atoms with E-state index in [0.29, 0.717) is 30.7 Å². The van der Waals surface area contributed by atoms with Crippen LogP contribution in [0.1, 0.15) is 24.0 Å². The lowest BCUT2D eigenvalue weighted by Gasteiger charge is -2.29. The fraction of sp³-hybridized carbons (Fsp3) is 0.357. The minimum absolute atomic E-state index is 0.594. The number of ether oxygens (including phenoxy) is 3. The zero-order valence-electron chi connectivity index (χ0n) is 21.9. The van der Waals surface area contributed by atoms with E-state index in [2.05, 4.69) is 38.8 Å². The van der Waals surface area contributed by atoms with Gasteiger partial charge in [0.15, 0.2) is 5.82 Å². The Hall–Kier alpha value is -3.49. The van der Waals surface area contributed by atoms with Gasteiger partial charge in [-0.1, -0.05) is 11.6 Å². The number of benzene rings is 2. The molecule has 0 atom stereocenters. The molecule has 0 bridgehead atoms. The molecule has 0 radical (unpaired) electrons. The third-order valence-electron chi connectivity index (χ3n) is 6.81. The van der Waals surface area contributed by atoms with Gasteiger partial charge in [0, 0.05) is 47.0 Å². The number of morpholine rings is 1. The van der Waals surface area contributed by atoms with Crippen LogP contribution in [0.25, 0.3) is 16.5 Å². The number of methoxy groups -OCH3 is 1. The van der Waals surface area contributed by atoms with E-state index in [-0.39, 0.29) is 0 Å². The Labute approximate surface area is 222 Å². The second kappa shape index (κ2) is 10.5. The third kappa shape index (κ3) is 4.67. The molecule has 5 rings (SSSR count). The molecule has 2 aromatic carbocycles. The molecule has 8 nitrogen and oxygen atoms in total. The third-order valence-corrected chi connectivity index (χ3v) is 7.11. The van der Waals surface area contributed by atoms with Crippen molar-refractivity contribution in [1.29, 1.82) is 0 Å². The second-order valence-electron chi connectivity index (χ2n) is 9.05. The number of anilines is 3. The number of fused-ring (bicyclic) bond motifs is 1. The SMILES string of the molecule is CCOc1ccc(-n2c(C)c3c(C)nnc(Nc4ccc(N5CCOCC5)c(Cl)c4)c3c2C)c(OC)c1. The van der Waals surface area contributed by atoms with Gasteiger partial charge in [-0.05, 0) is 58.0 Å². The predicted molar refractivity (Wildman–Crippen MR) is 149 cm³/mol. The molecule has 9 heteroatoms. The van der Waals surface area contributed by atoms with Crippen LogP contribution in [0.4, 0.5) is 17.2 Å². The highest BCUT2D eigenvalue weighted by atomic mass is 35.5. The van der Waals surface area contributed by atoms with Crippen molar-refractivity contribution < 1.29 is 14.2 Å². The molecular weight excluding hydrogens is 490 g/mol. The fourth-order valence-corrected chi connectivity index (χ4v) is 5.42. The molecule has 37 heavy (non-hydrogen) atoms. The second-order valence-corrected chi connectivity index (χ2v) is 9.45. The number of hydrogen-bond acceptors (Lipinski definition) is 7. The van der Waals surface area contributed by atoms with Crippen LogP contribution in [-0.2, 0) is 4.74 Å². The number of aryl methyl sites for hydroxylation is 3. The Balaban J connectivity index is 1.56. The van der Waals surface area contributed by atoms with Crippen molar-refractivity contribution >= 4 is 39.6 Å². The summed E-state index contributed by atoms with van der Waals surface area (Å²) in [7, 11) is 1.67. The molecule has 4 aromatic rings. The molecule has 1 saturated heterocycles. The molecule has 1 aliphatic rings. The van der Waals surface area contributed by atoms with Gasteiger partial charge in [0.25, 0.3) is 0 Å². The van der Waals surface area contributed by atoms with Gasteiger partial charge in [-0.2, -0.15) is 5.10 Å². The molecular formula is C28H32ClN5O3. The number of rotatable bonds is 7. The monoisotopic (exact) mass is 521 g/mol. The zero-order valence-corrected chi connectivity index (χ0v) is 22.6. The number of aromatic nitrogens is 3. The first-order valence-corrected chi connectivity index (χ1v) is 12.9. The smallest absolute Gasteiger partial charge is 0.162 e. The van der Waals surface area contributed by atoms with Gasteiger partial charge < -0.3 is 29.0 Å². The maximum atomic E-state index is 6.69. The van der Waals surface area contributed by atoms with Crippen molar-refractivity contribution in [3.8, 4) is 17.2 Å². The Bertz CT molecular complexity index is 1450. The van der Waals surface area contributed by atoms with Crippen molar-refractivity contribution in [3.05, 3.63) is 58.5 Å². The van der Waals surface area contributed by atoms with Gasteiger partial charge in [-0.15, -0.1) is 5.10 Å². The quantitative estimate of drug-likeness (QED) is 0.320. The van der Waals surface area contributed by atoms with Crippen LogP contribution < -0.4 is 19.7 Å². The highest BCUT2D eigenvalue weighted by Gasteiger charge is 2.22. The topological polar surface area (TPSA) is 73.7 Å². The summed E-state index contributed by atoms with van der Waals surface area (Å²) in [6.07, 6.45) is 0. The van der Waals surface area contributed by atoms with E-state index in [4.69, 9.17) is 25.8 Å². The lowest BCUT2D eigenvalue weighted by atomic mass is 10.1. The first-order chi connectivity index (χ1) is 17.9. The van der Waals surface area contributed by atoms with Crippen molar-refractivity contribution in [2.45, 2.75) is 27.7 Å². The van der Waals surface area contributed by atoms with Crippen LogP contribution in [0, 0.1) is 20.8 Å². The summed E-state index contributed by atoms with van der Waals surface area (Å²) < 4.78 is 19.1. The van der Waals surface area contributed by atoms with Crippen molar-refractivity contribution in [1.82, 2.24) is 14.8 Å². The molecule has 2 aromatic heterocycles. The molecule has 3 heterocycles. The minimum Gasteiger partial charge on any atom is -0.494 e.